The zero-order valence-corrected chi connectivity index (χ0v) is 20.7. The maximum Gasteiger partial charge on any atom is 0.339 e. The largest absolute Gasteiger partial charge is 0.452 e. The maximum absolute atomic E-state index is 13.2. The molecule has 7 heteroatoms. The number of aryl methyl sites for hydroxylation is 1. The van der Waals surface area contributed by atoms with Crippen molar-refractivity contribution in [2.24, 2.45) is 0 Å². The van der Waals surface area contributed by atoms with Gasteiger partial charge in [0, 0.05) is 22.0 Å². The van der Waals surface area contributed by atoms with E-state index in [9.17, 15) is 9.59 Å². The molecule has 6 nitrogen and oxygen atoms in total. The first-order valence-corrected chi connectivity index (χ1v) is 12.6. The highest BCUT2D eigenvalue weighted by atomic mass is 32.1. The first-order valence-electron chi connectivity index (χ1n) is 11.8. The Labute approximate surface area is 216 Å². The lowest BCUT2D eigenvalue weighted by molar-refractivity contribution is -0.119. The fourth-order valence-electron chi connectivity index (χ4n) is 4.48. The van der Waals surface area contributed by atoms with Crippen LogP contribution < -0.4 is 5.32 Å². The molecule has 6 aromatic rings. The van der Waals surface area contributed by atoms with Gasteiger partial charge in [0.15, 0.2) is 6.61 Å². The number of hydrogen-bond donors (Lipinski definition) is 1. The molecule has 1 amide bonds. The van der Waals surface area contributed by atoms with Gasteiger partial charge in [-0.15, -0.1) is 11.3 Å². The fourth-order valence-corrected chi connectivity index (χ4v) is 5.48. The summed E-state index contributed by atoms with van der Waals surface area (Å²) < 4.78 is 6.55. The lowest BCUT2D eigenvalue weighted by Gasteiger charge is -2.12. The standard InChI is InChI=1S/C30H21N3O3S/c1-18-16-25(20-10-2-3-13-23(20)31-18)32-27(34)17-36-30(35)22-12-7-9-19-8-6-11-21(28(19)22)29-33-24-14-4-5-15-26(24)37-29/h2-16H,17H2,1H3,(H,31,32,34). The summed E-state index contributed by atoms with van der Waals surface area (Å²) in [5.74, 6) is -0.985. The zero-order valence-electron chi connectivity index (χ0n) is 19.9. The van der Waals surface area contributed by atoms with Crippen molar-refractivity contribution < 1.29 is 14.3 Å². The molecular formula is C30H21N3O3S. The molecule has 2 aromatic heterocycles. The van der Waals surface area contributed by atoms with Gasteiger partial charge >= 0.3 is 5.97 Å². The van der Waals surface area contributed by atoms with Gasteiger partial charge in [0.05, 0.1) is 27.0 Å². The number of ether oxygens (including phenoxy) is 1. The number of carbonyl (C=O) groups is 2. The zero-order chi connectivity index (χ0) is 25.4. The van der Waals surface area contributed by atoms with Gasteiger partial charge in [-0.1, -0.05) is 60.7 Å². The van der Waals surface area contributed by atoms with Crippen molar-refractivity contribution in [2.75, 3.05) is 11.9 Å². The topological polar surface area (TPSA) is 81.2 Å². The molecule has 2 heterocycles. The van der Waals surface area contributed by atoms with Crippen molar-refractivity contribution >= 4 is 60.8 Å². The van der Waals surface area contributed by atoms with Crippen molar-refractivity contribution in [3.8, 4) is 10.6 Å². The summed E-state index contributed by atoms with van der Waals surface area (Å²) in [5.41, 5.74) is 4.36. The van der Waals surface area contributed by atoms with E-state index in [1.807, 2.05) is 85.8 Å². The molecule has 0 aliphatic carbocycles. The number of hydrogen-bond acceptors (Lipinski definition) is 6. The van der Waals surface area contributed by atoms with E-state index in [1.54, 1.807) is 23.5 Å². The predicted octanol–water partition coefficient (Wildman–Crippen LogP) is 6.77. The summed E-state index contributed by atoms with van der Waals surface area (Å²) in [6, 6.07) is 28.7. The Bertz CT molecular complexity index is 1790. The molecule has 0 fully saturated rings. The van der Waals surface area contributed by atoms with E-state index >= 15 is 0 Å². The number of nitrogens with zero attached hydrogens (tertiary/aromatic N) is 2. The molecule has 180 valence electrons. The summed E-state index contributed by atoms with van der Waals surface area (Å²) in [6.07, 6.45) is 0. The van der Waals surface area contributed by atoms with Crippen molar-refractivity contribution in [2.45, 2.75) is 6.92 Å². The van der Waals surface area contributed by atoms with E-state index in [4.69, 9.17) is 9.72 Å². The number of amides is 1. The number of para-hydroxylation sites is 2. The molecule has 0 atom stereocenters. The summed E-state index contributed by atoms with van der Waals surface area (Å²) in [6.45, 7) is 1.46. The van der Waals surface area contributed by atoms with Gasteiger partial charge < -0.3 is 10.1 Å². The van der Waals surface area contributed by atoms with Gasteiger partial charge in [0.2, 0.25) is 0 Å². The average molecular weight is 504 g/mol. The van der Waals surface area contributed by atoms with Crippen LogP contribution in [0.1, 0.15) is 16.1 Å². The number of nitrogens with one attached hydrogen (secondary N) is 1. The van der Waals surface area contributed by atoms with Crippen molar-refractivity contribution in [3.63, 3.8) is 0 Å². The number of rotatable bonds is 5. The molecular weight excluding hydrogens is 482 g/mol. The first-order chi connectivity index (χ1) is 18.1. The van der Waals surface area contributed by atoms with Gasteiger partial charge in [0.1, 0.15) is 5.01 Å². The van der Waals surface area contributed by atoms with Gasteiger partial charge in [0.25, 0.3) is 5.91 Å². The van der Waals surface area contributed by atoms with Crippen LogP contribution in [0.25, 0.3) is 42.5 Å². The number of carbonyl (C=O) groups excluding carboxylic acids is 2. The van der Waals surface area contributed by atoms with Gasteiger partial charge in [-0.2, -0.15) is 0 Å². The molecule has 0 aliphatic rings. The second kappa shape index (κ2) is 9.44. The normalized spacial score (nSPS) is 11.2. The molecule has 0 spiro atoms. The third-order valence-electron chi connectivity index (χ3n) is 6.10. The minimum atomic E-state index is -0.565. The van der Waals surface area contributed by atoms with Crippen LogP contribution in [0.3, 0.4) is 0 Å². The Morgan fingerprint density at radius 2 is 1.62 bits per heavy atom. The van der Waals surface area contributed by atoms with Crippen molar-refractivity contribution in [1.29, 1.82) is 0 Å². The lowest BCUT2D eigenvalue weighted by atomic mass is 9.99. The quantitative estimate of drug-likeness (QED) is 0.263. The second-order valence-electron chi connectivity index (χ2n) is 8.65. The highest BCUT2D eigenvalue weighted by Gasteiger charge is 2.19. The molecule has 0 unspecified atom stereocenters. The minimum Gasteiger partial charge on any atom is -0.452 e. The Morgan fingerprint density at radius 3 is 2.46 bits per heavy atom. The minimum absolute atomic E-state index is 0.394. The SMILES string of the molecule is Cc1cc(NC(=O)COC(=O)c2cccc3cccc(-c4nc5ccccc5s4)c23)c2ccccc2n1. The van der Waals surface area contributed by atoms with E-state index in [2.05, 4.69) is 10.3 Å². The van der Waals surface area contributed by atoms with Gasteiger partial charge in [-0.3, -0.25) is 9.78 Å². The fraction of sp³-hybridized carbons (Fsp3) is 0.0667. The smallest absolute Gasteiger partial charge is 0.339 e. The number of esters is 1. The third kappa shape index (κ3) is 4.41. The molecule has 4 aromatic carbocycles. The number of pyridine rings is 1. The Kier molecular flexibility index (Phi) is 5.82. The monoisotopic (exact) mass is 503 g/mol. The number of aromatic nitrogens is 2. The molecule has 37 heavy (non-hydrogen) atoms. The van der Waals surface area contributed by atoms with Crippen molar-refractivity contribution in [3.05, 3.63) is 102 Å². The number of fused-ring (bicyclic) bond motifs is 3. The number of benzene rings is 4. The summed E-state index contributed by atoms with van der Waals surface area (Å²) in [4.78, 5) is 35.2. The van der Waals surface area contributed by atoms with E-state index in [0.717, 1.165) is 48.2 Å². The molecule has 0 saturated heterocycles. The highest BCUT2D eigenvalue weighted by molar-refractivity contribution is 7.21. The van der Waals surface area contributed by atoms with Crippen LogP contribution in [0.2, 0.25) is 0 Å². The number of anilines is 1. The average Bonchev–Trinajstić information content (AvgIpc) is 3.35. The third-order valence-corrected chi connectivity index (χ3v) is 7.17. The van der Waals surface area contributed by atoms with Gasteiger partial charge in [-0.05, 0) is 42.6 Å². The molecule has 0 aliphatic heterocycles. The Hall–Kier alpha value is -4.62. The molecule has 0 bridgehead atoms. The van der Waals surface area contributed by atoms with Crippen LogP contribution in [0, 0.1) is 6.92 Å². The lowest BCUT2D eigenvalue weighted by Crippen LogP contribution is -2.21. The van der Waals surface area contributed by atoms with E-state index in [1.165, 1.54) is 0 Å². The van der Waals surface area contributed by atoms with Crippen LogP contribution in [0.5, 0.6) is 0 Å². The van der Waals surface area contributed by atoms with E-state index in [0.29, 0.717) is 11.3 Å². The molecule has 1 N–H and O–H groups in total. The van der Waals surface area contributed by atoms with Crippen LogP contribution in [0.15, 0.2) is 91.0 Å². The van der Waals surface area contributed by atoms with Crippen LogP contribution in [-0.2, 0) is 9.53 Å². The van der Waals surface area contributed by atoms with Crippen molar-refractivity contribution in [1.82, 2.24) is 9.97 Å². The predicted molar refractivity (Wildman–Crippen MR) is 148 cm³/mol. The summed E-state index contributed by atoms with van der Waals surface area (Å²) in [7, 11) is 0. The molecule has 0 saturated carbocycles. The highest BCUT2D eigenvalue weighted by Crippen LogP contribution is 2.36. The Morgan fingerprint density at radius 1 is 0.865 bits per heavy atom. The first kappa shape index (κ1) is 22.8. The second-order valence-corrected chi connectivity index (χ2v) is 9.68. The molecule has 6 rings (SSSR count). The van der Waals surface area contributed by atoms with Gasteiger partial charge in [-0.25, -0.2) is 9.78 Å². The van der Waals surface area contributed by atoms with E-state index < -0.39 is 18.5 Å². The summed E-state index contributed by atoms with van der Waals surface area (Å²) in [5, 5.41) is 6.16. The van der Waals surface area contributed by atoms with Crippen LogP contribution in [0.4, 0.5) is 5.69 Å². The molecule has 0 radical (unpaired) electrons. The van der Waals surface area contributed by atoms with E-state index in [-0.39, 0.29) is 0 Å². The van der Waals surface area contributed by atoms with Crippen LogP contribution >= 0.6 is 11.3 Å². The Balaban J connectivity index is 1.27. The van der Waals surface area contributed by atoms with Crippen LogP contribution in [-0.4, -0.2) is 28.5 Å². The summed E-state index contributed by atoms with van der Waals surface area (Å²) >= 11 is 1.57. The maximum atomic E-state index is 13.2. The number of thiazole rings is 1.